The lowest BCUT2D eigenvalue weighted by molar-refractivity contribution is 0.140. The summed E-state index contributed by atoms with van der Waals surface area (Å²) >= 11 is 0. The van der Waals surface area contributed by atoms with Gasteiger partial charge in [0.05, 0.1) is 6.10 Å². The first-order chi connectivity index (χ1) is 10.1. The highest BCUT2D eigenvalue weighted by Crippen LogP contribution is 2.36. The maximum atomic E-state index is 12.9. The van der Waals surface area contributed by atoms with Gasteiger partial charge in [0, 0.05) is 25.7 Å². The van der Waals surface area contributed by atoms with E-state index in [0.717, 1.165) is 25.7 Å². The summed E-state index contributed by atoms with van der Waals surface area (Å²) in [4.78, 5) is 0. The van der Waals surface area contributed by atoms with Crippen LogP contribution in [0.1, 0.15) is 59.8 Å². The van der Waals surface area contributed by atoms with Crippen LogP contribution < -0.4 is 0 Å². The van der Waals surface area contributed by atoms with Gasteiger partial charge in [0.2, 0.25) is 0 Å². The van der Waals surface area contributed by atoms with E-state index in [4.69, 9.17) is 0 Å². The van der Waals surface area contributed by atoms with Crippen LogP contribution in [0.3, 0.4) is 0 Å². The predicted octanol–water partition coefficient (Wildman–Crippen LogP) is 2.22. The smallest absolute Gasteiger partial charge is 0.282 e. The van der Waals surface area contributed by atoms with Gasteiger partial charge in [-0.2, -0.15) is 17.0 Å². The third kappa shape index (κ3) is 4.02. The molecule has 0 saturated carbocycles. The van der Waals surface area contributed by atoms with Crippen LogP contribution in [0, 0.1) is 11.3 Å². The summed E-state index contributed by atoms with van der Waals surface area (Å²) < 4.78 is 29.1. The quantitative estimate of drug-likeness (QED) is 0.859. The summed E-state index contributed by atoms with van der Waals surface area (Å²) in [6.45, 7) is 10.3. The van der Waals surface area contributed by atoms with Crippen LogP contribution >= 0.6 is 0 Å². The molecule has 2 fully saturated rings. The molecule has 2 saturated heterocycles. The van der Waals surface area contributed by atoms with Crippen LogP contribution in [0.5, 0.6) is 0 Å². The van der Waals surface area contributed by atoms with E-state index in [1.807, 2.05) is 0 Å². The first-order valence-corrected chi connectivity index (χ1v) is 9.97. The molecule has 5 nitrogen and oxygen atoms in total. The van der Waals surface area contributed by atoms with Crippen LogP contribution in [-0.2, 0) is 10.2 Å². The van der Waals surface area contributed by atoms with Crippen molar-refractivity contribution in [2.45, 2.75) is 71.9 Å². The van der Waals surface area contributed by atoms with Gasteiger partial charge in [-0.25, -0.2) is 0 Å². The highest BCUT2D eigenvalue weighted by atomic mass is 32.2. The Morgan fingerprint density at radius 3 is 2.23 bits per heavy atom. The molecule has 0 amide bonds. The molecule has 2 heterocycles. The lowest BCUT2D eigenvalue weighted by atomic mass is 9.76. The van der Waals surface area contributed by atoms with E-state index in [2.05, 4.69) is 20.8 Å². The number of rotatable bonds is 4. The second-order valence-electron chi connectivity index (χ2n) is 8.04. The highest BCUT2D eigenvalue weighted by Gasteiger charge is 2.40. The van der Waals surface area contributed by atoms with E-state index in [0.29, 0.717) is 32.0 Å². The molecule has 0 unspecified atom stereocenters. The van der Waals surface area contributed by atoms with E-state index in [1.54, 1.807) is 15.5 Å². The molecule has 2 aliphatic heterocycles. The van der Waals surface area contributed by atoms with E-state index in [-0.39, 0.29) is 11.5 Å². The fourth-order valence-electron chi connectivity index (χ4n) is 3.84. The second kappa shape index (κ2) is 6.75. The Balaban J connectivity index is 2.02. The van der Waals surface area contributed by atoms with Crippen molar-refractivity contribution in [2.24, 2.45) is 11.3 Å². The summed E-state index contributed by atoms with van der Waals surface area (Å²) in [5.74, 6) is 0.589. The van der Waals surface area contributed by atoms with E-state index in [9.17, 15) is 13.5 Å². The van der Waals surface area contributed by atoms with Crippen LogP contribution in [0.2, 0.25) is 0 Å². The fraction of sp³-hybridized carbons (Fsp3) is 1.00. The maximum absolute atomic E-state index is 12.9. The summed E-state index contributed by atoms with van der Waals surface area (Å²) in [5, 5.41) is 9.60. The molecule has 2 aliphatic rings. The van der Waals surface area contributed by atoms with Gasteiger partial charge in [0.25, 0.3) is 10.2 Å². The second-order valence-corrected chi connectivity index (χ2v) is 9.92. The zero-order valence-electron chi connectivity index (χ0n) is 14.5. The zero-order chi connectivity index (χ0) is 16.5. The lowest BCUT2D eigenvalue weighted by Gasteiger charge is -2.40. The third-order valence-corrected chi connectivity index (χ3v) is 7.33. The molecule has 0 bridgehead atoms. The molecule has 130 valence electrons. The number of hydrogen-bond donors (Lipinski definition) is 1. The average molecular weight is 333 g/mol. The average Bonchev–Trinajstić information content (AvgIpc) is 2.86. The van der Waals surface area contributed by atoms with Crippen molar-refractivity contribution >= 4 is 10.2 Å². The lowest BCUT2D eigenvalue weighted by Crippen LogP contribution is -2.50. The van der Waals surface area contributed by atoms with Gasteiger partial charge in [0.1, 0.15) is 0 Å². The molecule has 2 rings (SSSR count). The summed E-state index contributed by atoms with van der Waals surface area (Å²) in [6.07, 6.45) is 3.73. The first kappa shape index (κ1) is 18.2. The minimum Gasteiger partial charge on any atom is -0.393 e. The molecule has 22 heavy (non-hydrogen) atoms. The normalized spacial score (nSPS) is 28.1. The number of aliphatic hydroxyl groups excluding tert-OH is 1. The van der Waals surface area contributed by atoms with Gasteiger partial charge in [-0.05, 0) is 50.4 Å². The van der Waals surface area contributed by atoms with E-state index in [1.165, 1.54) is 0 Å². The Morgan fingerprint density at radius 1 is 1.14 bits per heavy atom. The molecule has 2 atom stereocenters. The van der Waals surface area contributed by atoms with Crippen LogP contribution in [-0.4, -0.2) is 53.9 Å². The Bertz CT molecular complexity index is 462. The number of aliphatic hydroxyl groups is 1. The predicted molar refractivity (Wildman–Crippen MR) is 88.7 cm³/mol. The molecule has 0 aromatic rings. The third-order valence-electron chi connectivity index (χ3n) is 5.24. The van der Waals surface area contributed by atoms with Gasteiger partial charge >= 0.3 is 0 Å². The molecule has 6 heteroatoms. The van der Waals surface area contributed by atoms with Crippen LogP contribution in [0.25, 0.3) is 0 Å². The largest absolute Gasteiger partial charge is 0.393 e. The van der Waals surface area contributed by atoms with Crippen molar-refractivity contribution in [1.82, 2.24) is 8.61 Å². The van der Waals surface area contributed by atoms with Gasteiger partial charge in [0.15, 0.2) is 0 Å². The topological polar surface area (TPSA) is 60.9 Å². The summed E-state index contributed by atoms with van der Waals surface area (Å²) in [7, 11) is -3.37. The van der Waals surface area contributed by atoms with Crippen LogP contribution in [0.4, 0.5) is 0 Å². The van der Waals surface area contributed by atoms with Crippen molar-refractivity contribution in [3.05, 3.63) is 0 Å². The maximum Gasteiger partial charge on any atom is 0.282 e. The molecule has 0 aromatic heterocycles. The SMILES string of the molecule is C[C@H](O)C[C@H]1CCCN1S(=O)(=O)N1CCC(C(C)(C)C)CC1. The van der Waals surface area contributed by atoms with E-state index < -0.39 is 16.3 Å². The van der Waals surface area contributed by atoms with Crippen molar-refractivity contribution in [3.63, 3.8) is 0 Å². The van der Waals surface area contributed by atoms with Gasteiger partial charge in [-0.15, -0.1) is 0 Å². The van der Waals surface area contributed by atoms with Crippen molar-refractivity contribution in [1.29, 1.82) is 0 Å². The highest BCUT2D eigenvalue weighted by molar-refractivity contribution is 7.86. The first-order valence-electron chi connectivity index (χ1n) is 8.57. The molecular weight excluding hydrogens is 300 g/mol. The molecule has 0 aliphatic carbocycles. The Labute approximate surface area is 135 Å². The molecular formula is C16H32N2O3S. The minimum absolute atomic E-state index is 0.0367. The van der Waals surface area contributed by atoms with Crippen molar-refractivity contribution in [3.8, 4) is 0 Å². The Hall–Kier alpha value is -0.170. The number of piperidine rings is 1. The number of nitrogens with zero attached hydrogens (tertiary/aromatic N) is 2. The van der Waals surface area contributed by atoms with Crippen molar-refractivity contribution in [2.75, 3.05) is 19.6 Å². The Kier molecular flexibility index (Phi) is 5.58. The Morgan fingerprint density at radius 2 is 1.73 bits per heavy atom. The molecule has 0 aromatic carbocycles. The summed E-state index contributed by atoms with van der Waals surface area (Å²) in [6, 6.07) is -0.0367. The monoisotopic (exact) mass is 332 g/mol. The molecule has 1 N–H and O–H groups in total. The summed E-state index contributed by atoms with van der Waals surface area (Å²) in [5.41, 5.74) is 0.248. The van der Waals surface area contributed by atoms with Crippen molar-refractivity contribution < 1.29 is 13.5 Å². The van der Waals surface area contributed by atoms with E-state index >= 15 is 0 Å². The molecule has 0 radical (unpaired) electrons. The van der Waals surface area contributed by atoms with Gasteiger partial charge in [-0.3, -0.25) is 0 Å². The molecule has 0 spiro atoms. The number of hydrogen-bond acceptors (Lipinski definition) is 3. The fourth-order valence-corrected chi connectivity index (χ4v) is 5.74. The van der Waals surface area contributed by atoms with Crippen LogP contribution in [0.15, 0.2) is 0 Å². The zero-order valence-corrected chi connectivity index (χ0v) is 15.3. The van der Waals surface area contributed by atoms with Gasteiger partial charge < -0.3 is 5.11 Å². The standard InChI is InChI=1S/C16H32N2O3S/c1-13(19)12-15-6-5-9-18(15)22(20,21)17-10-7-14(8-11-17)16(2,3)4/h13-15,19H,5-12H2,1-4H3/t13-,15+/m0/s1. The van der Waals surface area contributed by atoms with Gasteiger partial charge in [-0.1, -0.05) is 20.8 Å². The minimum atomic E-state index is -3.37.